The zero-order valence-electron chi connectivity index (χ0n) is 13.6. The van der Waals surface area contributed by atoms with E-state index >= 15 is 0 Å². The van der Waals surface area contributed by atoms with Crippen molar-refractivity contribution in [3.05, 3.63) is 72.3 Å². The summed E-state index contributed by atoms with van der Waals surface area (Å²) in [5, 5.41) is 4.46. The van der Waals surface area contributed by atoms with Crippen molar-refractivity contribution in [3.8, 4) is 0 Å². The second kappa shape index (κ2) is 6.26. The number of carbonyl (C=O) groups is 2. The lowest BCUT2D eigenvalue weighted by Gasteiger charge is -2.16. The Morgan fingerprint density at radius 3 is 2.44 bits per heavy atom. The first-order chi connectivity index (χ1) is 12.1. The highest BCUT2D eigenvalue weighted by Crippen LogP contribution is 2.34. The molecule has 3 aromatic carbocycles. The molecule has 1 fully saturated rings. The number of nitrogens with one attached hydrogen (secondary N) is 1. The third-order valence-electron chi connectivity index (χ3n) is 4.21. The predicted molar refractivity (Wildman–Crippen MR) is 103 cm³/mol. The van der Waals surface area contributed by atoms with Gasteiger partial charge < -0.3 is 5.32 Å². The molecule has 0 radical (unpaired) electrons. The van der Waals surface area contributed by atoms with Gasteiger partial charge in [0.15, 0.2) is 5.37 Å². The molecule has 1 unspecified atom stereocenters. The van der Waals surface area contributed by atoms with E-state index in [1.807, 2.05) is 61.5 Å². The van der Waals surface area contributed by atoms with Gasteiger partial charge in [0.1, 0.15) is 0 Å². The lowest BCUT2D eigenvalue weighted by atomic mass is 10.1. The number of hydrogen-bond acceptors (Lipinski definition) is 4. The Morgan fingerprint density at radius 2 is 1.64 bits per heavy atom. The monoisotopic (exact) mass is 348 g/mol. The van der Waals surface area contributed by atoms with Gasteiger partial charge in [-0.1, -0.05) is 54.1 Å². The number of nitrogens with zero attached hydrogens (tertiary/aromatic N) is 1. The standard InChI is InChI=1S/C20H16N2O2S/c1-13-9-11-15(12-10-13)22-19(23)18(25-20(22)24)21-17-8-4-6-14-5-2-3-7-16(14)17/h2-12,18,21H,1H3. The quantitative estimate of drug-likeness (QED) is 0.739. The Kier molecular flexibility index (Phi) is 3.93. The van der Waals surface area contributed by atoms with Gasteiger partial charge in [0, 0.05) is 11.1 Å². The fraction of sp³-hybridized carbons (Fsp3) is 0.100. The molecule has 1 aliphatic rings. The van der Waals surface area contributed by atoms with Crippen LogP contribution in [0.2, 0.25) is 0 Å². The van der Waals surface area contributed by atoms with Gasteiger partial charge in [-0.25, -0.2) is 4.90 Å². The number of thioether (sulfide) groups is 1. The maximum Gasteiger partial charge on any atom is 0.295 e. The highest BCUT2D eigenvalue weighted by Gasteiger charge is 2.40. The predicted octanol–water partition coefficient (Wildman–Crippen LogP) is 4.79. The number of carbonyl (C=O) groups excluding carboxylic acids is 2. The molecule has 1 aliphatic heterocycles. The Balaban J connectivity index is 1.63. The molecule has 5 heteroatoms. The molecule has 3 aromatic rings. The van der Waals surface area contributed by atoms with Crippen LogP contribution in [0.5, 0.6) is 0 Å². The van der Waals surface area contributed by atoms with Crippen LogP contribution < -0.4 is 10.2 Å². The van der Waals surface area contributed by atoms with Crippen molar-refractivity contribution in [1.29, 1.82) is 0 Å². The number of benzene rings is 3. The first kappa shape index (κ1) is 15.7. The summed E-state index contributed by atoms with van der Waals surface area (Å²) in [6, 6.07) is 21.2. The normalized spacial score (nSPS) is 17.3. The molecular weight excluding hydrogens is 332 g/mol. The van der Waals surface area contributed by atoms with Crippen LogP contribution in [-0.2, 0) is 4.79 Å². The Labute approximate surface area is 149 Å². The van der Waals surface area contributed by atoms with Gasteiger partial charge in [0.25, 0.3) is 11.1 Å². The lowest BCUT2D eigenvalue weighted by Crippen LogP contribution is -2.34. The molecule has 25 heavy (non-hydrogen) atoms. The minimum absolute atomic E-state index is 0.244. The zero-order valence-corrected chi connectivity index (χ0v) is 14.4. The van der Waals surface area contributed by atoms with E-state index in [1.165, 1.54) is 4.90 Å². The van der Waals surface area contributed by atoms with Crippen LogP contribution in [0.15, 0.2) is 66.7 Å². The van der Waals surface area contributed by atoms with Gasteiger partial charge in [-0.15, -0.1) is 0 Å². The Bertz CT molecular complexity index is 964. The Hall–Kier alpha value is -2.79. The topological polar surface area (TPSA) is 49.4 Å². The van der Waals surface area contributed by atoms with Crippen molar-refractivity contribution >= 4 is 45.1 Å². The van der Waals surface area contributed by atoms with Crippen LogP contribution in [0.3, 0.4) is 0 Å². The van der Waals surface area contributed by atoms with Crippen molar-refractivity contribution < 1.29 is 9.59 Å². The molecule has 0 bridgehead atoms. The van der Waals surface area contributed by atoms with E-state index in [4.69, 9.17) is 0 Å². The van der Waals surface area contributed by atoms with E-state index in [9.17, 15) is 9.59 Å². The van der Waals surface area contributed by atoms with Crippen LogP contribution >= 0.6 is 11.8 Å². The number of anilines is 2. The van der Waals surface area contributed by atoms with Gasteiger partial charge in [0.05, 0.1) is 5.69 Å². The summed E-state index contributed by atoms with van der Waals surface area (Å²) in [7, 11) is 0. The van der Waals surface area contributed by atoms with E-state index in [-0.39, 0.29) is 11.1 Å². The van der Waals surface area contributed by atoms with E-state index in [0.717, 1.165) is 33.8 Å². The molecular formula is C20H16N2O2S. The minimum atomic E-state index is -0.625. The van der Waals surface area contributed by atoms with E-state index < -0.39 is 5.37 Å². The van der Waals surface area contributed by atoms with Crippen molar-refractivity contribution in [2.45, 2.75) is 12.3 Å². The van der Waals surface area contributed by atoms with Crippen molar-refractivity contribution in [1.82, 2.24) is 0 Å². The van der Waals surface area contributed by atoms with Crippen LogP contribution in [0, 0.1) is 6.92 Å². The van der Waals surface area contributed by atoms with Gasteiger partial charge in [-0.3, -0.25) is 9.59 Å². The van der Waals surface area contributed by atoms with Crippen LogP contribution in [0.25, 0.3) is 10.8 Å². The molecule has 124 valence electrons. The summed E-state index contributed by atoms with van der Waals surface area (Å²) in [4.78, 5) is 26.4. The molecule has 1 atom stereocenters. The first-order valence-electron chi connectivity index (χ1n) is 7.99. The van der Waals surface area contributed by atoms with Crippen LogP contribution in [-0.4, -0.2) is 16.5 Å². The average molecular weight is 348 g/mol. The molecule has 1 heterocycles. The second-order valence-electron chi connectivity index (χ2n) is 5.94. The maximum absolute atomic E-state index is 12.8. The van der Waals surface area contributed by atoms with Crippen LogP contribution in [0.1, 0.15) is 5.56 Å². The maximum atomic E-state index is 12.8. The smallest absolute Gasteiger partial charge is 0.295 e. The summed E-state index contributed by atoms with van der Waals surface area (Å²) in [5.74, 6) is -0.244. The molecule has 0 aromatic heterocycles. The molecule has 2 amide bonds. The number of amides is 2. The SMILES string of the molecule is Cc1ccc(N2C(=O)SC(Nc3cccc4ccccc34)C2=O)cc1. The molecule has 0 aliphatic carbocycles. The van der Waals surface area contributed by atoms with E-state index in [2.05, 4.69) is 5.32 Å². The van der Waals surface area contributed by atoms with Crippen molar-refractivity contribution in [2.75, 3.05) is 10.2 Å². The highest BCUT2D eigenvalue weighted by molar-refractivity contribution is 8.16. The fourth-order valence-electron chi connectivity index (χ4n) is 2.92. The van der Waals surface area contributed by atoms with Gasteiger partial charge >= 0.3 is 0 Å². The Morgan fingerprint density at radius 1 is 0.920 bits per heavy atom. The van der Waals surface area contributed by atoms with E-state index in [0.29, 0.717) is 5.69 Å². The molecule has 0 saturated carbocycles. The summed E-state index contributed by atoms with van der Waals surface area (Å²) < 4.78 is 0. The lowest BCUT2D eigenvalue weighted by molar-refractivity contribution is -0.116. The third-order valence-corrected chi connectivity index (χ3v) is 5.15. The van der Waals surface area contributed by atoms with Crippen LogP contribution in [0.4, 0.5) is 16.2 Å². The second-order valence-corrected chi connectivity index (χ2v) is 7.00. The highest BCUT2D eigenvalue weighted by atomic mass is 32.2. The summed E-state index contributed by atoms with van der Waals surface area (Å²) in [6.45, 7) is 1.97. The number of aryl methyl sites for hydroxylation is 1. The molecule has 4 nitrogen and oxygen atoms in total. The van der Waals surface area contributed by atoms with Crippen molar-refractivity contribution in [2.24, 2.45) is 0 Å². The number of imide groups is 1. The summed E-state index contributed by atoms with van der Waals surface area (Å²) >= 11 is 1.01. The van der Waals surface area contributed by atoms with Gasteiger partial charge in [-0.2, -0.15) is 0 Å². The number of rotatable bonds is 3. The molecule has 1 N–H and O–H groups in total. The largest absolute Gasteiger partial charge is 0.365 e. The average Bonchev–Trinajstić information content (AvgIpc) is 2.90. The molecule has 0 spiro atoms. The van der Waals surface area contributed by atoms with Gasteiger partial charge in [-0.05, 0) is 42.3 Å². The fourth-order valence-corrected chi connectivity index (χ4v) is 3.82. The van der Waals surface area contributed by atoms with E-state index in [1.54, 1.807) is 12.1 Å². The van der Waals surface area contributed by atoms with Crippen molar-refractivity contribution in [3.63, 3.8) is 0 Å². The summed E-state index contributed by atoms with van der Waals surface area (Å²) in [5.41, 5.74) is 2.54. The first-order valence-corrected chi connectivity index (χ1v) is 8.87. The molecule has 1 saturated heterocycles. The van der Waals surface area contributed by atoms with Gasteiger partial charge in [0.2, 0.25) is 0 Å². The summed E-state index contributed by atoms with van der Waals surface area (Å²) in [6.07, 6.45) is 0. The number of hydrogen-bond donors (Lipinski definition) is 1. The molecule has 4 rings (SSSR count). The third kappa shape index (κ3) is 2.87. The number of fused-ring (bicyclic) bond motifs is 1. The zero-order chi connectivity index (χ0) is 17.4. The minimum Gasteiger partial charge on any atom is -0.365 e.